The zero-order valence-electron chi connectivity index (χ0n) is 19.5. The number of rotatable bonds is 4. The number of para-hydroxylation sites is 1. The Bertz CT molecular complexity index is 1710. The van der Waals surface area contributed by atoms with Gasteiger partial charge in [0.2, 0.25) is 0 Å². The van der Waals surface area contributed by atoms with Crippen molar-refractivity contribution in [1.82, 2.24) is 29.9 Å². The molecule has 0 aliphatic heterocycles. The Hall–Kier alpha value is -4.40. The van der Waals surface area contributed by atoms with Gasteiger partial charge in [-0.3, -0.25) is 4.68 Å². The molecule has 0 aliphatic rings. The molecule has 34 heavy (non-hydrogen) atoms. The van der Waals surface area contributed by atoms with Gasteiger partial charge in [0.25, 0.3) is 0 Å². The van der Waals surface area contributed by atoms with E-state index in [4.69, 9.17) is 14.2 Å². The molecule has 4 heterocycles. The number of ether oxygens (including phenoxy) is 1. The number of anilines is 2. The predicted octanol–water partition coefficient (Wildman–Crippen LogP) is 5.33. The summed E-state index contributed by atoms with van der Waals surface area (Å²) in [6.45, 7) is 5.70. The summed E-state index contributed by atoms with van der Waals surface area (Å²) in [5.74, 6) is 3.54. The Morgan fingerprint density at radius 3 is 2.62 bits per heavy atom. The van der Waals surface area contributed by atoms with Crippen LogP contribution in [0.5, 0.6) is 5.75 Å². The number of benzene rings is 2. The summed E-state index contributed by atoms with van der Waals surface area (Å²) in [4.78, 5) is 12.9. The molecule has 6 aromatic rings. The maximum absolute atomic E-state index is 5.79. The highest BCUT2D eigenvalue weighted by atomic mass is 16.5. The molecule has 0 unspecified atom stereocenters. The lowest BCUT2D eigenvalue weighted by Gasteiger charge is -2.10. The molecule has 9 nitrogen and oxygen atoms in total. The van der Waals surface area contributed by atoms with Gasteiger partial charge in [-0.15, -0.1) is 0 Å². The van der Waals surface area contributed by atoms with Crippen LogP contribution in [0.2, 0.25) is 0 Å². The summed E-state index contributed by atoms with van der Waals surface area (Å²) >= 11 is 0. The minimum atomic E-state index is 0.653. The Kier molecular flexibility index (Phi) is 4.35. The van der Waals surface area contributed by atoms with Crippen LogP contribution in [-0.4, -0.2) is 37.0 Å². The third-order valence-corrected chi connectivity index (χ3v) is 6.18. The molecule has 9 heteroatoms. The average molecular weight is 454 g/mol. The second-order valence-electron chi connectivity index (χ2n) is 8.38. The highest BCUT2D eigenvalue weighted by molar-refractivity contribution is 6.13. The number of nitrogens with one attached hydrogen (secondary N) is 2. The lowest BCUT2D eigenvalue weighted by molar-refractivity contribution is 0.393. The molecule has 0 aliphatic carbocycles. The van der Waals surface area contributed by atoms with E-state index in [0.717, 1.165) is 67.0 Å². The zero-order chi connectivity index (χ0) is 23.6. The van der Waals surface area contributed by atoms with Crippen molar-refractivity contribution in [2.24, 2.45) is 7.05 Å². The van der Waals surface area contributed by atoms with Gasteiger partial charge in [0, 0.05) is 28.9 Å². The Labute approximate surface area is 194 Å². The maximum Gasteiger partial charge on any atom is 0.161 e. The molecule has 170 valence electrons. The monoisotopic (exact) mass is 453 g/mol. The maximum atomic E-state index is 5.79. The molecule has 2 N–H and O–H groups in total. The fourth-order valence-corrected chi connectivity index (χ4v) is 4.68. The molecule has 0 fully saturated rings. The van der Waals surface area contributed by atoms with E-state index >= 15 is 0 Å². The van der Waals surface area contributed by atoms with Crippen LogP contribution >= 0.6 is 0 Å². The van der Waals surface area contributed by atoms with Crippen molar-refractivity contribution in [3.05, 3.63) is 53.7 Å². The molecule has 2 aromatic carbocycles. The molecule has 0 bridgehead atoms. The van der Waals surface area contributed by atoms with Gasteiger partial charge in [0.15, 0.2) is 5.82 Å². The third-order valence-electron chi connectivity index (χ3n) is 6.18. The summed E-state index contributed by atoms with van der Waals surface area (Å²) < 4.78 is 13.0. The number of H-pyrrole nitrogens is 1. The van der Waals surface area contributed by atoms with Crippen LogP contribution in [0.3, 0.4) is 0 Å². The van der Waals surface area contributed by atoms with Gasteiger partial charge in [0.05, 0.1) is 29.3 Å². The van der Waals surface area contributed by atoms with Crippen molar-refractivity contribution < 1.29 is 9.26 Å². The van der Waals surface area contributed by atoms with Gasteiger partial charge in [-0.25, -0.2) is 9.97 Å². The number of aryl methyl sites for hydroxylation is 4. The number of methoxy groups -OCH3 is 1. The first-order valence-electron chi connectivity index (χ1n) is 10.9. The lowest BCUT2D eigenvalue weighted by atomic mass is 10.0. The van der Waals surface area contributed by atoms with Gasteiger partial charge in [-0.05, 0) is 45.0 Å². The van der Waals surface area contributed by atoms with Crippen LogP contribution in [0.15, 0.2) is 40.9 Å². The second kappa shape index (κ2) is 7.31. The van der Waals surface area contributed by atoms with Crippen LogP contribution in [0.25, 0.3) is 44.0 Å². The topological polar surface area (TPSA) is 107 Å². The van der Waals surface area contributed by atoms with E-state index in [-0.39, 0.29) is 0 Å². The number of hydrogen-bond donors (Lipinski definition) is 2. The van der Waals surface area contributed by atoms with Gasteiger partial charge in [0.1, 0.15) is 28.8 Å². The molecule has 0 atom stereocenters. The summed E-state index contributed by atoms with van der Waals surface area (Å²) in [6, 6.07) is 12.2. The highest BCUT2D eigenvalue weighted by Crippen LogP contribution is 2.41. The van der Waals surface area contributed by atoms with E-state index in [1.165, 1.54) is 0 Å². The summed E-state index contributed by atoms with van der Waals surface area (Å²) in [5.41, 5.74) is 5.34. The standard InChI is InChI=1S/C25H23N7O2/c1-12-21(13(2)34-31-12)17-10-18-16(11-20(17)33-5)22-24(28-18)26-14(3)27-25(22)29-23-15-8-6-7-9-19(15)32(4)30-23/h6-11H,1-5H3,(H2,26,27,28,29,30). The van der Waals surface area contributed by atoms with Crippen LogP contribution in [-0.2, 0) is 7.05 Å². The van der Waals surface area contributed by atoms with Crippen molar-refractivity contribution in [2.75, 3.05) is 12.4 Å². The van der Waals surface area contributed by atoms with Gasteiger partial charge in [-0.2, -0.15) is 5.10 Å². The zero-order valence-corrected chi connectivity index (χ0v) is 19.5. The highest BCUT2D eigenvalue weighted by Gasteiger charge is 2.21. The largest absolute Gasteiger partial charge is 0.496 e. The molecular weight excluding hydrogens is 430 g/mol. The van der Waals surface area contributed by atoms with Crippen LogP contribution in [0, 0.1) is 20.8 Å². The summed E-state index contributed by atoms with van der Waals surface area (Å²) in [6.07, 6.45) is 0. The van der Waals surface area contributed by atoms with Crippen molar-refractivity contribution in [2.45, 2.75) is 20.8 Å². The molecule has 0 amide bonds. The first kappa shape index (κ1) is 20.2. The molecule has 0 radical (unpaired) electrons. The van der Waals surface area contributed by atoms with Gasteiger partial charge >= 0.3 is 0 Å². The van der Waals surface area contributed by atoms with Crippen molar-refractivity contribution in [1.29, 1.82) is 0 Å². The normalized spacial score (nSPS) is 11.7. The van der Waals surface area contributed by atoms with Crippen molar-refractivity contribution in [3.8, 4) is 16.9 Å². The smallest absolute Gasteiger partial charge is 0.161 e. The van der Waals surface area contributed by atoms with Crippen LogP contribution in [0.4, 0.5) is 11.6 Å². The number of hydrogen-bond acceptors (Lipinski definition) is 7. The molecular formula is C25H23N7O2. The van der Waals surface area contributed by atoms with Crippen molar-refractivity contribution >= 4 is 44.5 Å². The summed E-state index contributed by atoms with van der Waals surface area (Å²) in [7, 11) is 3.60. The predicted molar refractivity (Wildman–Crippen MR) is 132 cm³/mol. The average Bonchev–Trinajstić information content (AvgIpc) is 3.45. The number of nitrogens with zero attached hydrogens (tertiary/aromatic N) is 5. The van der Waals surface area contributed by atoms with Gasteiger partial charge in [-0.1, -0.05) is 17.3 Å². The van der Waals surface area contributed by atoms with Crippen LogP contribution in [0.1, 0.15) is 17.3 Å². The number of aromatic amines is 1. The first-order chi connectivity index (χ1) is 16.4. The van der Waals surface area contributed by atoms with E-state index in [1.54, 1.807) is 7.11 Å². The fraction of sp³-hybridized carbons (Fsp3) is 0.200. The SMILES string of the molecule is COc1cc2c(cc1-c1c(C)noc1C)[nH]c1nc(C)nc(Nc3nn(C)c4ccccc34)c12. The van der Waals surface area contributed by atoms with Gasteiger partial charge < -0.3 is 19.6 Å². The number of aromatic nitrogens is 6. The number of fused-ring (bicyclic) bond motifs is 4. The van der Waals surface area contributed by atoms with Crippen LogP contribution < -0.4 is 10.1 Å². The molecule has 0 saturated heterocycles. The molecule has 0 saturated carbocycles. The van der Waals surface area contributed by atoms with E-state index in [2.05, 4.69) is 31.6 Å². The second-order valence-corrected chi connectivity index (χ2v) is 8.38. The summed E-state index contributed by atoms with van der Waals surface area (Å²) in [5, 5.41) is 15.1. The minimum Gasteiger partial charge on any atom is -0.496 e. The lowest BCUT2D eigenvalue weighted by Crippen LogP contribution is -2.00. The van der Waals surface area contributed by atoms with E-state index < -0.39 is 0 Å². The quantitative estimate of drug-likeness (QED) is 0.371. The molecule has 0 spiro atoms. The van der Waals surface area contributed by atoms with Crippen molar-refractivity contribution in [3.63, 3.8) is 0 Å². The Balaban J connectivity index is 1.59. The molecule has 4 aromatic heterocycles. The molecule has 6 rings (SSSR count). The minimum absolute atomic E-state index is 0.653. The Morgan fingerprint density at radius 1 is 1.03 bits per heavy atom. The van der Waals surface area contributed by atoms with E-state index in [1.807, 2.05) is 62.8 Å². The first-order valence-corrected chi connectivity index (χ1v) is 10.9. The Morgan fingerprint density at radius 2 is 1.85 bits per heavy atom. The third kappa shape index (κ3) is 2.93. The fourth-order valence-electron chi connectivity index (χ4n) is 4.68. The van der Waals surface area contributed by atoms with E-state index in [0.29, 0.717) is 11.6 Å². The van der Waals surface area contributed by atoms with E-state index in [9.17, 15) is 0 Å².